The summed E-state index contributed by atoms with van der Waals surface area (Å²) in [4.78, 5) is 13.2. The predicted octanol–water partition coefficient (Wildman–Crippen LogP) is 5.87. The van der Waals surface area contributed by atoms with Crippen LogP contribution < -0.4 is 10.6 Å². The maximum atomic E-state index is 12.3. The smallest absolute Gasteiger partial charge is 0.340 e. The highest BCUT2D eigenvalue weighted by atomic mass is 32.1. The average Bonchev–Trinajstić information content (AvgIpc) is 3.13. The van der Waals surface area contributed by atoms with Gasteiger partial charge in [0.15, 0.2) is 5.11 Å². The van der Waals surface area contributed by atoms with Crippen molar-refractivity contribution < 1.29 is 9.53 Å². The van der Waals surface area contributed by atoms with Crippen molar-refractivity contribution >= 4 is 39.6 Å². The maximum Gasteiger partial charge on any atom is 0.340 e. The van der Waals surface area contributed by atoms with E-state index in [9.17, 15) is 4.79 Å². The zero-order valence-electron chi connectivity index (χ0n) is 16.9. The van der Waals surface area contributed by atoms with Crippen molar-refractivity contribution in [1.29, 1.82) is 0 Å². The van der Waals surface area contributed by atoms with Crippen molar-refractivity contribution in [1.82, 2.24) is 5.32 Å². The number of esters is 1. The van der Waals surface area contributed by atoms with Crippen LogP contribution in [0.2, 0.25) is 0 Å². The van der Waals surface area contributed by atoms with Crippen LogP contribution in [0.1, 0.15) is 40.0 Å². The zero-order chi connectivity index (χ0) is 21.0. The van der Waals surface area contributed by atoms with E-state index in [0.29, 0.717) is 15.7 Å². The number of thiocarbonyl (C=S) groups is 1. The van der Waals surface area contributed by atoms with Gasteiger partial charge in [-0.3, -0.25) is 0 Å². The van der Waals surface area contributed by atoms with Gasteiger partial charge in [-0.2, -0.15) is 0 Å². The van der Waals surface area contributed by atoms with Crippen LogP contribution in [0, 0.1) is 13.8 Å². The number of anilines is 1. The Morgan fingerprint density at radius 1 is 1.10 bits per heavy atom. The molecular weight excluding hydrogens is 400 g/mol. The molecule has 2 aromatic carbocycles. The Hall–Kier alpha value is -2.70. The molecule has 0 saturated heterocycles. The van der Waals surface area contributed by atoms with Crippen molar-refractivity contribution in [2.45, 2.75) is 26.8 Å². The Kier molecular flexibility index (Phi) is 6.67. The molecule has 1 heterocycles. The van der Waals surface area contributed by atoms with Gasteiger partial charge in [-0.05, 0) is 55.7 Å². The third-order valence-corrected chi connectivity index (χ3v) is 5.99. The molecule has 29 heavy (non-hydrogen) atoms. The molecule has 3 rings (SSSR count). The highest BCUT2D eigenvalue weighted by molar-refractivity contribution is 7.80. The van der Waals surface area contributed by atoms with Crippen molar-refractivity contribution in [3.63, 3.8) is 0 Å². The maximum absolute atomic E-state index is 12.3. The minimum absolute atomic E-state index is 0.0324. The van der Waals surface area contributed by atoms with E-state index in [2.05, 4.69) is 49.6 Å². The molecule has 6 heteroatoms. The van der Waals surface area contributed by atoms with Gasteiger partial charge in [-0.15, -0.1) is 11.3 Å². The molecule has 0 spiro atoms. The Morgan fingerprint density at radius 2 is 1.83 bits per heavy atom. The Morgan fingerprint density at radius 3 is 2.52 bits per heavy atom. The Bertz CT molecular complexity index is 1030. The molecule has 0 fully saturated rings. The van der Waals surface area contributed by atoms with E-state index in [4.69, 9.17) is 17.0 Å². The number of carbonyl (C=O) groups excluding carboxylic acids is 1. The highest BCUT2D eigenvalue weighted by Crippen LogP contribution is 2.36. The lowest BCUT2D eigenvalue weighted by molar-refractivity contribution is 0.0602. The summed E-state index contributed by atoms with van der Waals surface area (Å²) >= 11 is 7.00. The molecule has 0 saturated carbocycles. The normalized spacial score (nSPS) is 11.6. The van der Waals surface area contributed by atoms with E-state index in [1.54, 1.807) is 0 Å². The molecule has 0 aliphatic carbocycles. The second-order valence-corrected chi connectivity index (χ2v) is 8.35. The highest BCUT2D eigenvalue weighted by Gasteiger charge is 2.19. The molecule has 0 bridgehead atoms. The van der Waals surface area contributed by atoms with Gasteiger partial charge in [0.25, 0.3) is 0 Å². The second kappa shape index (κ2) is 9.20. The molecule has 2 N–H and O–H groups in total. The van der Waals surface area contributed by atoms with Crippen molar-refractivity contribution in [3.8, 4) is 10.4 Å². The van der Waals surface area contributed by atoms with E-state index in [0.717, 1.165) is 10.4 Å². The molecular formula is C23H24N2O2S2. The summed E-state index contributed by atoms with van der Waals surface area (Å²) in [5, 5.41) is 7.64. The summed E-state index contributed by atoms with van der Waals surface area (Å²) in [7, 11) is 1.38. The SMILES string of the molecule is COC(=O)c1cc(-c2ccccc2)sc1NC(=S)NC(C)c1cc(C)ccc1C. The number of aryl methyl sites for hydroxylation is 2. The lowest BCUT2D eigenvalue weighted by atomic mass is 10.0. The first-order chi connectivity index (χ1) is 13.9. The minimum atomic E-state index is -0.392. The van der Waals surface area contributed by atoms with E-state index >= 15 is 0 Å². The van der Waals surface area contributed by atoms with Gasteiger partial charge in [0, 0.05) is 4.88 Å². The number of carbonyl (C=O) groups is 1. The number of thiophene rings is 1. The molecule has 1 unspecified atom stereocenters. The standard InChI is InChI=1S/C23H24N2O2S2/c1-14-10-11-15(2)18(12-14)16(3)24-23(28)25-21-19(22(26)27-4)13-20(29-21)17-8-6-5-7-9-17/h5-13,16H,1-4H3,(H2,24,25,28). The van der Waals surface area contributed by atoms with Crippen molar-refractivity contribution in [2.24, 2.45) is 0 Å². The monoisotopic (exact) mass is 424 g/mol. The first-order valence-electron chi connectivity index (χ1n) is 9.31. The number of hydrogen-bond acceptors (Lipinski definition) is 4. The first kappa shape index (κ1) is 21.0. The van der Waals surface area contributed by atoms with Gasteiger partial charge in [0.05, 0.1) is 18.7 Å². The number of ether oxygens (including phenoxy) is 1. The van der Waals surface area contributed by atoms with Crippen LogP contribution in [0.15, 0.2) is 54.6 Å². The van der Waals surface area contributed by atoms with Crippen LogP contribution >= 0.6 is 23.6 Å². The molecule has 0 aliphatic heterocycles. The zero-order valence-corrected chi connectivity index (χ0v) is 18.5. The van der Waals surface area contributed by atoms with Crippen LogP contribution in [-0.4, -0.2) is 18.2 Å². The van der Waals surface area contributed by atoms with Crippen molar-refractivity contribution in [2.75, 3.05) is 12.4 Å². The fraction of sp³-hybridized carbons (Fsp3) is 0.217. The van der Waals surface area contributed by atoms with E-state index in [1.807, 2.05) is 36.4 Å². The van der Waals surface area contributed by atoms with Gasteiger partial charge < -0.3 is 15.4 Å². The number of nitrogens with one attached hydrogen (secondary N) is 2. The van der Waals surface area contributed by atoms with Crippen LogP contribution in [-0.2, 0) is 4.74 Å². The van der Waals surface area contributed by atoms with Crippen LogP contribution in [0.5, 0.6) is 0 Å². The van der Waals surface area contributed by atoms with Gasteiger partial charge in [-0.25, -0.2) is 4.79 Å². The Balaban J connectivity index is 1.81. The first-order valence-corrected chi connectivity index (χ1v) is 10.5. The number of methoxy groups -OCH3 is 1. The lowest BCUT2D eigenvalue weighted by Gasteiger charge is -2.19. The molecule has 0 aliphatic rings. The molecule has 1 atom stereocenters. The van der Waals surface area contributed by atoms with Crippen LogP contribution in [0.3, 0.4) is 0 Å². The van der Waals surface area contributed by atoms with Gasteiger partial charge in [-0.1, -0.05) is 54.1 Å². The van der Waals surface area contributed by atoms with Crippen LogP contribution in [0.4, 0.5) is 5.00 Å². The third kappa shape index (κ3) is 5.02. The summed E-state index contributed by atoms with van der Waals surface area (Å²) in [6.45, 7) is 6.23. The van der Waals surface area contributed by atoms with Gasteiger partial charge in [0.2, 0.25) is 0 Å². The van der Waals surface area contributed by atoms with Gasteiger partial charge >= 0.3 is 5.97 Å². The number of rotatable bonds is 5. The minimum Gasteiger partial charge on any atom is -0.465 e. The molecule has 150 valence electrons. The summed E-state index contributed by atoms with van der Waals surface area (Å²) in [6, 6.07) is 18.2. The van der Waals surface area contributed by atoms with E-state index in [1.165, 1.54) is 35.1 Å². The fourth-order valence-corrected chi connectivity index (χ4v) is 4.53. The topological polar surface area (TPSA) is 50.4 Å². The molecule has 1 aromatic heterocycles. The average molecular weight is 425 g/mol. The quantitative estimate of drug-likeness (QED) is 0.396. The van der Waals surface area contributed by atoms with Gasteiger partial charge in [0.1, 0.15) is 5.00 Å². The fourth-order valence-electron chi connectivity index (χ4n) is 3.13. The second-order valence-electron chi connectivity index (χ2n) is 6.89. The lowest BCUT2D eigenvalue weighted by Crippen LogP contribution is -2.31. The largest absolute Gasteiger partial charge is 0.465 e. The summed E-state index contributed by atoms with van der Waals surface area (Å²) < 4.78 is 4.95. The molecule has 0 amide bonds. The summed E-state index contributed by atoms with van der Waals surface area (Å²) in [6.07, 6.45) is 0. The summed E-state index contributed by atoms with van der Waals surface area (Å²) in [5.41, 5.74) is 5.12. The molecule has 0 radical (unpaired) electrons. The van der Waals surface area contributed by atoms with E-state index in [-0.39, 0.29) is 6.04 Å². The van der Waals surface area contributed by atoms with Crippen molar-refractivity contribution in [3.05, 3.63) is 76.9 Å². The van der Waals surface area contributed by atoms with Crippen LogP contribution in [0.25, 0.3) is 10.4 Å². The summed E-state index contributed by atoms with van der Waals surface area (Å²) in [5.74, 6) is -0.392. The number of benzene rings is 2. The molecule has 4 nitrogen and oxygen atoms in total. The Labute approximate surface area is 180 Å². The predicted molar refractivity (Wildman–Crippen MR) is 125 cm³/mol. The van der Waals surface area contributed by atoms with E-state index < -0.39 is 5.97 Å². The third-order valence-electron chi connectivity index (χ3n) is 4.67. The molecule has 3 aromatic rings. The number of hydrogen-bond donors (Lipinski definition) is 2.